The Balaban J connectivity index is 1.62. The highest BCUT2D eigenvalue weighted by molar-refractivity contribution is 7.93. The summed E-state index contributed by atoms with van der Waals surface area (Å²) in [6, 6.07) is 6.36. The van der Waals surface area contributed by atoms with Crippen molar-refractivity contribution in [2.75, 3.05) is 11.5 Å². The maximum Gasteiger partial charge on any atom is 0.270 e. The van der Waals surface area contributed by atoms with Gasteiger partial charge in [-0.2, -0.15) is 5.10 Å². The van der Waals surface area contributed by atoms with E-state index in [9.17, 15) is 22.0 Å². The van der Waals surface area contributed by atoms with Gasteiger partial charge in [-0.15, -0.1) is 0 Å². The lowest BCUT2D eigenvalue weighted by atomic mass is 9.84. The Kier molecular flexibility index (Phi) is 5.47. The summed E-state index contributed by atoms with van der Waals surface area (Å²) in [5.41, 5.74) is 2.52. The van der Waals surface area contributed by atoms with Gasteiger partial charge in [-0.1, -0.05) is 18.2 Å². The van der Waals surface area contributed by atoms with E-state index < -0.39 is 21.3 Å². The number of rotatable bonds is 5. The summed E-state index contributed by atoms with van der Waals surface area (Å²) in [7, 11) is -3.06. The van der Waals surface area contributed by atoms with Gasteiger partial charge >= 0.3 is 0 Å². The molecule has 1 amide bonds. The number of halogens is 2. The third-order valence-electron chi connectivity index (χ3n) is 6.31. The first kappa shape index (κ1) is 22.9. The molecule has 9 heteroatoms. The second-order valence-corrected chi connectivity index (χ2v) is 11.9. The number of benzene rings is 1. The van der Waals surface area contributed by atoms with Gasteiger partial charge in [0.25, 0.3) is 5.92 Å². The number of sulfone groups is 1. The SMILES string of the molecule is CC(C)n1nc(-c2cccc(C(C)(F)F)c2)c2c1CC(C(=O)NC1(C)CS(=O)(=O)C1)CC2. The minimum absolute atomic E-state index is 0.0316. The minimum atomic E-state index is -3.06. The maximum atomic E-state index is 13.9. The Bertz CT molecular complexity index is 1150. The molecule has 1 aliphatic carbocycles. The van der Waals surface area contributed by atoms with Crippen LogP contribution in [0.4, 0.5) is 8.78 Å². The summed E-state index contributed by atoms with van der Waals surface area (Å²) in [5, 5.41) is 7.69. The molecule has 1 aromatic carbocycles. The second-order valence-electron chi connectivity index (χ2n) is 9.80. The van der Waals surface area contributed by atoms with Crippen molar-refractivity contribution in [1.82, 2.24) is 15.1 Å². The Morgan fingerprint density at radius 3 is 2.59 bits per heavy atom. The Labute approximate surface area is 187 Å². The van der Waals surface area contributed by atoms with Gasteiger partial charge in [0, 0.05) is 47.7 Å². The van der Waals surface area contributed by atoms with E-state index in [1.54, 1.807) is 19.1 Å². The lowest BCUT2D eigenvalue weighted by molar-refractivity contribution is -0.126. The van der Waals surface area contributed by atoms with E-state index in [0.717, 1.165) is 18.2 Å². The number of amides is 1. The van der Waals surface area contributed by atoms with Crippen LogP contribution in [0, 0.1) is 5.92 Å². The summed E-state index contributed by atoms with van der Waals surface area (Å²) in [6.45, 7) is 6.63. The quantitative estimate of drug-likeness (QED) is 0.731. The van der Waals surface area contributed by atoms with Crippen LogP contribution in [0.5, 0.6) is 0 Å². The van der Waals surface area contributed by atoms with Gasteiger partial charge in [0.1, 0.15) is 0 Å². The smallest absolute Gasteiger partial charge is 0.270 e. The number of alkyl halides is 2. The molecule has 2 aliphatic rings. The molecule has 1 fully saturated rings. The van der Waals surface area contributed by atoms with Crippen LogP contribution < -0.4 is 5.32 Å². The molecule has 6 nitrogen and oxygen atoms in total. The fourth-order valence-electron chi connectivity index (χ4n) is 4.86. The van der Waals surface area contributed by atoms with Crippen molar-refractivity contribution in [3.05, 3.63) is 41.1 Å². The van der Waals surface area contributed by atoms with Crippen LogP contribution >= 0.6 is 0 Å². The van der Waals surface area contributed by atoms with Crippen LogP contribution in [-0.4, -0.2) is 41.2 Å². The van der Waals surface area contributed by atoms with Crippen LogP contribution in [-0.2, 0) is 33.4 Å². The molecule has 4 rings (SSSR count). The number of nitrogens with one attached hydrogen (secondary N) is 1. The third-order valence-corrected chi connectivity index (χ3v) is 8.46. The van der Waals surface area contributed by atoms with E-state index in [4.69, 9.17) is 5.10 Å². The number of hydrogen-bond donors (Lipinski definition) is 1. The van der Waals surface area contributed by atoms with E-state index >= 15 is 0 Å². The minimum Gasteiger partial charge on any atom is -0.349 e. The molecule has 1 aliphatic heterocycles. The van der Waals surface area contributed by atoms with Crippen molar-refractivity contribution >= 4 is 15.7 Å². The average Bonchev–Trinajstić information content (AvgIpc) is 3.04. The molecular weight excluding hydrogens is 436 g/mol. The Morgan fingerprint density at radius 1 is 1.31 bits per heavy atom. The van der Waals surface area contributed by atoms with Crippen LogP contribution in [0.15, 0.2) is 24.3 Å². The van der Waals surface area contributed by atoms with E-state index in [1.165, 1.54) is 12.1 Å². The predicted octanol–water partition coefficient (Wildman–Crippen LogP) is 3.65. The lowest BCUT2D eigenvalue weighted by Gasteiger charge is -2.39. The fourth-order valence-corrected chi connectivity index (χ4v) is 6.86. The third kappa shape index (κ3) is 4.31. The second kappa shape index (κ2) is 7.64. The van der Waals surface area contributed by atoms with Gasteiger partial charge in [-0.25, -0.2) is 17.2 Å². The number of fused-ring (bicyclic) bond motifs is 1. The van der Waals surface area contributed by atoms with Gasteiger partial charge in [-0.3, -0.25) is 9.48 Å². The van der Waals surface area contributed by atoms with E-state index in [-0.39, 0.29) is 34.9 Å². The zero-order valence-electron chi connectivity index (χ0n) is 18.8. The zero-order valence-corrected chi connectivity index (χ0v) is 19.6. The molecule has 0 saturated carbocycles. The molecule has 1 atom stereocenters. The number of nitrogens with zero attached hydrogens (tertiary/aromatic N) is 2. The highest BCUT2D eigenvalue weighted by atomic mass is 32.2. The normalized spacial score (nSPS) is 21.7. The van der Waals surface area contributed by atoms with Crippen molar-refractivity contribution in [2.45, 2.75) is 64.5 Å². The van der Waals surface area contributed by atoms with Gasteiger partial charge in [-0.05, 0) is 39.7 Å². The zero-order chi connectivity index (χ0) is 23.5. The number of carbonyl (C=O) groups excluding carboxylic acids is 1. The molecule has 0 bridgehead atoms. The first-order chi connectivity index (χ1) is 14.8. The molecule has 1 aromatic heterocycles. The molecule has 1 N–H and O–H groups in total. The van der Waals surface area contributed by atoms with Crippen molar-refractivity contribution < 1.29 is 22.0 Å². The summed E-state index contributed by atoms with van der Waals surface area (Å²) >= 11 is 0. The molecule has 0 radical (unpaired) electrons. The highest BCUT2D eigenvalue weighted by Crippen LogP contribution is 2.37. The van der Waals surface area contributed by atoms with E-state index in [1.807, 2.05) is 18.5 Å². The van der Waals surface area contributed by atoms with Gasteiger partial charge in [0.05, 0.1) is 22.7 Å². The van der Waals surface area contributed by atoms with E-state index in [0.29, 0.717) is 30.5 Å². The standard InChI is InChI=1S/C23H29F2N3O3S/c1-14(2)28-19-11-16(21(29)26-22(3)12-32(30,31)13-22)8-9-18(19)20(27-28)15-6-5-7-17(10-15)23(4,24)25/h5-7,10,14,16H,8-9,11-13H2,1-4H3,(H,26,29). The summed E-state index contributed by atoms with van der Waals surface area (Å²) in [6.07, 6.45) is 1.69. The monoisotopic (exact) mass is 465 g/mol. The van der Waals surface area contributed by atoms with Crippen LogP contribution in [0.25, 0.3) is 11.3 Å². The molecule has 1 unspecified atom stereocenters. The number of aromatic nitrogens is 2. The van der Waals surface area contributed by atoms with Gasteiger partial charge in [0.2, 0.25) is 5.91 Å². The summed E-state index contributed by atoms with van der Waals surface area (Å²) < 4.78 is 52.7. The van der Waals surface area contributed by atoms with Gasteiger partial charge < -0.3 is 5.32 Å². The topological polar surface area (TPSA) is 81.1 Å². The molecule has 2 aromatic rings. The Hall–Kier alpha value is -2.29. The first-order valence-electron chi connectivity index (χ1n) is 10.9. The highest BCUT2D eigenvalue weighted by Gasteiger charge is 2.46. The van der Waals surface area contributed by atoms with Crippen molar-refractivity contribution in [3.8, 4) is 11.3 Å². The molecule has 1 saturated heterocycles. The summed E-state index contributed by atoms with van der Waals surface area (Å²) in [4.78, 5) is 12.9. The van der Waals surface area contributed by atoms with Crippen LogP contribution in [0.2, 0.25) is 0 Å². The Morgan fingerprint density at radius 2 is 2.00 bits per heavy atom. The maximum absolute atomic E-state index is 13.9. The number of hydrogen-bond acceptors (Lipinski definition) is 4. The lowest BCUT2D eigenvalue weighted by Crippen LogP contribution is -2.64. The molecular formula is C23H29F2N3O3S. The molecule has 32 heavy (non-hydrogen) atoms. The van der Waals surface area contributed by atoms with E-state index in [2.05, 4.69) is 5.32 Å². The fraction of sp³-hybridized carbons (Fsp3) is 0.565. The average molecular weight is 466 g/mol. The van der Waals surface area contributed by atoms with Crippen LogP contribution in [0.1, 0.15) is 57.0 Å². The summed E-state index contributed by atoms with van der Waals surface area (Å²) in [5.74, 6) is -3.42. The predicted molar refractivity (Wildman–Crippen MR) is 118 cm³/mol. The first-order valence-corrected chi connectivity index (χ1v) is 12.7. The van der Waals surface area contributed by atoms with Crippen LogP contribution in [0.3, 0.4) is 0 Å². The number of carbonyl (C=O) groups is 1. The molecule has 0 spiro atoms. The van der Waals surface area contributed by atoms with Crippen molar-refractivity contribution in [3.63, 3.8) is 0 Å². The van der Waals surface area contributed by atoms with Gasteiger partial charge in [0.15, 0.2) is 9.84 Å². The molecule has 2 heterocycles. The van der Waals surface area contributed by atoms with Crippen molar-refractivity contribution in [2.24, 2.45) is 5.92 Å². The molecule has 174 valence electrons. The largest absolute Gasteiger partial charge is 0.349 e. The van der Waals surface area contributed by atoms with Crippen molar-refractivity contribution in [1.29, 1.82) is 0 Å².